The summed E-state index contributed by atoms with van der Waals surface area (Å²) in [6.07, 6.45) is 2.71. The lowest BCUT2D eigenvalue weighted by Gasteiger charge is -2.38. The smallest absolute Gasteiger partial charge is 0.320 e. The van der Waals surface area contributed by atoms with Crippen molar-refractivity contribution in [2.75, 3.05) is 6.54 Å². The Hall–Kier alpha value is -3.65. The predicted octanol–water partition coefficient (Wildman–Crippen LogP) is 2.67. The van der Waals surface area contributed by atoms with Gasteiger partial charge in [0, 0.05) is 24.5 Å². The van der Waals surface area contributed by atoms with Crippen LogP contribution in [0.5, 0.6) is 0 Å². The van der Waals surface area contributed by atoms with Gasteiger partial charge < -0.3 is 10.8 Å². The number of carbonyl (C=O) groups excluding carboxylic acids is 1. The zero-order valence-electron chi connectivity index (χ0n) is 20.2. The number of likely N-dealkylation sites (tertiary alicyclic amines) is 1. The van der Waals surface area contributed by atoms with Gasteiger partial charge in [-0.3, -0.25) is 19.5 Å². The zero-order chi connectivity index (χ0) is 26.6. The first kappa shape index (κ1) is 26.4. The van der Waals surface area contributed by atoms with E-state index in [1.54, 1.807) is 48.5 Å². The third kappa shape index (κ3) is 5.69. The lowest BCUT2D eigenvalue weighted by atomic mass is 9.98. The van der Waals surface area contributed by atoms with Crippen molar-refractivity contribution in [2.24, 2.45) is 5.73 Å². The summed E-state index contributed by atoms with van der Waals surface area (Å²) in [6, 6.07) is 14.9. The maximum Gasteiger partial charge on any atom is 0.320 e. The van der Waals surface area contributed by atoms with Crippen molar-refractivity contribution in [3.05, 3.63) is 71.9 Å². The summed E-state index contributed by atoms with van der Waals surface area (Å²) in [6.45, 7) is 0.228. The van der Waals surface area contributed by atoms with Crippen molar-refractivity contribution in [1.82, 2.24) is 9.88 Å². The molecule has 1 aromatic heterocycles. The molecule has 192 valence electrons. The summed E-state index contributed by atoms with van der Waals surface area (Å²) < 4.78 is 28.2. The lowest BCUT2D eigenvalue weighted by Crippen LogP contribution is -2.54. The number of aliphatic carboxylic acids is 1. The number of benzene rings is 2. The maximum absolute atomic E-state index is 14.1. The standard InChI is InChI=1S/C27H28N4O5S/c28-17-19-7-3-6-18(14-19)15-21(29)23(32)16-25(31-13-2-1-10-22(31)27(33)34)37(35,36)24-11-4-8-20-9-5-12-30-26(20)24/h3-9,11-12,14,21-22,25H,1-2,10,13,15-16,29H2,(H,33,34)/t21-,22?,25?/m0/s1. The number of para-hydroxylation sites is 1. The molecular weight excluding hydrogens is 492 g/mol. The van der Waals surface area contributed by atoms with E-state index in [-0.39, 0.29) is 29.8 Å². The number of nitrogens with zero attached hydrogens (tertiary/aromatic N) is 3. The van der Waals surface area contributed by atoms with Crippen LogP contribution in [0.3, 0.4) is 0 Å². The number of carboxylic acid groups (broad SMARTS) is 1. The van der Waals surface area contributed by atoms with Crippen LogP contribution in [0.2, 0.25) is 0 Å². The summed E-state index contributed by atoms with van der Waals surface area (Å²) in [5.41, 5.74) is 7.59. The van der Waals surface area contributed by atoms with E-state index >= 15 is 0 Å². The van der Waals surface area contributed by atoms with Gasteiger partial charge in [-0.1, -0.05) is 36.8 Å². The van der Waals surface area contributed by atoms with E-state index in [0.717, 1.165) is 0 Å². The first-order valence-corrected chi connectivity index (χ1v) is 13.6. The first-order chi connectivity index (χ1) is 17.7. The highest BCUT2D eigenvalue weighted by atomic mass is 32.2. The topological polar surface area (TPSA) is 154 Å². The van der Waals surface area contributed by atoms with Crippen LogP contribution in [0.25, 0.3) is 10.9 Å². The quantitative estimate of drug-likeness (QED) is 0.433. The number of nitriles is 1. The molecule has 0 radical (unpaired) electrons. The number of sulfone groups is 1. The Balaban J connectivity index is 1.71. The fraction of sp³-hybridized carbons (Fsp3) is 0.333. The molecular formula is C27H28N4O5S. The number of hydrogen-bond donors (Lipinski definition) is 2. The lowest BCUT2D eigenvalue weighted by molar-refractivity contribution is -0.145. The highest BCUT2D eigenvalue weighted by Crippen LogP contribution is 2.31. The largest absolute Gasteiger partial charge is 0.480 e. The first-order valence-electron chi connectivity index (χ1n) is 12.1. The average molecular weight is 521 g/mol. The van der Waals surface area contributed by atoms with Crippen LogP contribution in [-0.2, 0) is 25.8 Å². The van der Waals surface area contributed by atoms with E-state index in [2.05, 4.69) is 4.98 Å². The van der Waals surface area contributed by atoms with Gasteiger partial charge in [0.15, 0.2) is 15.6 Å². The van der Waals surface area contributed by atoms with E-state index in [9.17, 15) is 23.1 Å². The Bertz CT molecular complexity index is 1460. The highest BCUT2D eigenvalue weighted by Gasteiger charge is 2.43. The number of carboxylic acids is 1. The Labute approximate surface area is 215 Å². The molecule has 1 saturated heterocycles. The van der Waals surface area contributed by atoms with E-state index in [1.165, 1.54) is 17.2 Å². The summed E-state index contributed by atoms with van der Waals surface area (Å²) in [4.78, 5) is 31.0. The van der Waals surface area contributed by atoms with Gasteiger partial charge in [-0.25, -0.2) is 8.42 Å². The normalized spacial score (nSPS) is 18.1. The van der Waals surface area contributed by atoms with Crippen molar-refractivity contribution in [1.29, 1.82) is 5.26 Å². The van der Waals surface area contributed by atoms with Gasteiger partial charge in [-0.15, -0.1) is 0 Å². The molecule has 37 heavy (non-hydrogen) atoms. The van der Waals surface area contributed by atoms with E-state index in [0.29, 0.717) is 29.4 Å². The number of hydrogen-bond acceptors (Lipinski definition) is 8. The molecule has 1 aliphatic heterocycles. The van der Waals surface area contributed by atoms with Crippen molar-refractivity contribution in [3.63, 3.8) is 0 Å². The maximum atomic E-state index is 14.1. The van der Waals surface area contributed by atoms with Crippen molar-refractivity contribution >= 4 is 32.5 Å². The molecule has 0 saturated carbocycles. The van der Waals surface area contributed by atoms with Crippen LogP contribution in [0.4, 0.5) is 0 Å². The number of ketones is 1. The van der Waals surface area contributed by atoms with Crippen molar-refractivity contribution in [2.45, 2.75) is 54.5 Å². The molecule has 3 atom stereocenters. The van der Waals surface area contributed by atoms with Crippen LogP contribution >= 0.6 is 0 Å². The number of Topliss-reactive ketones (excluding diaryl/α,β-unsaturated/α-hetero) is 1. The summed E-state index contributed by atoms with van der Waals surface area (Å²) >= 11 is 0. The molecule has 3 N–H and O–H groups in total. The number of fused-ring (bicyclic) bond motifs is 1. The summed E-state index contributed by atoms with van der Waals surface area (Å²) in [5.74, 6) is -1.63. The second-order valence-corrected chi connectivity index (χ2v) is 11.3. The molecule has 3 aromatic rings. The second-order valence-electron chi connectivity index (χ2n) is 9.21. The molecule has 0 amide bonds. The zero-order valence-corrected chi connectivity index (χ0v) is 21.0. The van der Waals surface area contributed by atoms with Gasteiger partial charge >= 0.3 is 5.97 Å². The average Bonchev–Trinajstić information content (AvgIpc) is 2.91. The molecule has 2 unspecified atom stereocenters. The molecule has 4 rings (SSSR count). The molecule has 10 heteroatoms. The van der Waals surface area contributed by atoms with Gasteiger partial charge in [0.25, 0.3) is 0 Å². The minimum absolute atomic E-state index is 0.0478. The Kier molecular flexibility index (Phi) is 7.97. The van der Waals surface area contributed by atoms with E-state index < -0.39 is 45.5 Å². The van der Waals surface area contributed by atoms with Crippen molar-refractivity contribution < 1.29 is 23.1 Å². The van der Waals surface area contributed by atoms with Crippen molar-refractivity contribution in [3.8, 4) is 6.07 Å². The number of piperidine rings is 1. The van der Waals surface area contributed by atoms with Crippen LogP contribution in [0, 0.1) is 11.3 Å². The van der Waals surface area contributed by atoms with Gasteiger partial charge in [0.05, 0.1) is 28.1 Å². The van der Waals surface area contributed by atoms with Gasteiger partial charge in [0.1, 0.15) is 11.4 Å². The third-order valence-corrected chi connectivity index (χ3v) is 8.86. The number of carbonyl (C=O) groups is 2. The molecule has 9 nitrogen and oxygen atoms in total. The minimum atomic E-state index is -4.23. The van der Waals surface area contributed by atoms with E-state index in [4.69, 9.17) is 11.0 Å². The molecule has 1 aliphatic rings. The van der Waals surface area contributed by atoms with Crippen LogP contribution in [0.1, 0.15) is 36.8 Å². The van der Waals surface area contributed by atoms with Gasteiger partial charge in [0.2, 0.25) is 0 Å². The SMILES string of the molecule is N#Cc1cccc(C[C@H](N)C(=O)CC(N2CCCCC2C(=O)O)S(=O)(=O)c2cccc3cccnc23)c1. The monoisotopic (exact) mass is 520 g/mol. The van der Waals surface area contributed by atoms with Gasteiger partial charge in [-0.2, -0.15) is 5.26 Å². The number of nitrogens with two attached hydrogens (primary N) is 1. The molecule has 1 fully saturated rings. The molecule has 2 aromatic carbocycles. The second kappa shape index (κ2) is 11.2. The Morgan fingerprint density at radius 2 is 1.92 bits per heavy atom. The number of aromatic nitrogens is 1. The fourth-order valence-corrected chi connectivity index (χ4v) is 6.87. The summed E-state index contributed by atoms with van der Waals surface area (Å²) in [5, 5.41) is 18.2. The predicted molar refractivity (Wildman–Crippen MR) is 137 cm³/mol. The highest BCUT2D eigenvalue weighted by molar-refractivity contribution is 7.92. The molecule has 2 heterocycles. The van der Waals surface area contributed by atoms with Crippen LogP contribution in [-0.4, -0.2) is 59.2 Å². The Morgan fingerprint density at radius 1 is 1.16 bits per heavy atom. The van der Waals surface area contributed by atoms with Crippen LogP contribution in [0.15, 0.2) is 65.7 Å². The van der Waals surface area contributed by atoms with Gasteiger partial charge in [-0.05, 0) is 49.1 Å². The van der Waals surface area contributed by atoms with E-state index in [1.807, 2.05) is 6.07 Å². The molecule has 0 aliphatic carbocycles. The Morgan fingerprint density at radius 3 is 2.68 bits per heavy atom. The molecule has 0 spiro atoms. The molecule has 0 bridgehead atoms. The number of rotatable bonds is 9. The summed E-state index contributed by atoms with van der Waals surface area (Å²) in [7, 11) is -4.23. The minimum Gasteiger partial charge on any atom is -0.480 e. The third-order valence-electron chi connectivity index (χ3n) is 6.76. The van der Waals surface area contributed by atoms with Crippen LogP contribution < -0.4 is 5.73 Å². The number of pyridine rings is 1. The fourth-order valence-electron chi connectivity index (χ4n) is 4.88.